The fourth-order valence-electron chi connectivity index (χ4n) is 6.73. The molecule has 0 saturated carbocycles. The van der Waals surface area contributed by atoms with Gasteiger partial charge in [-0.2, -0.15) is 0 Å². The van der Waals surface area contributed by atoms with Gasteiger partial charge in [0.2, 0.25) is 0 Å². The summed E-state index contributed by atoms with van der Waals surface area (Å²) in [6.45, 7) is 4.48. The van der Waals surface area contributed by atoms with Crippen LogP contribution >= 0.6 is 9.24 Å². The Morgan fingerprint density at radius 2 is 1.05 bits per heavy atom. The van der Waals surface area contributed by atoms with Gasteiger partial charge in [-0.15, -0.1) is 9.24 Å². The van der Waals surface area contributed by atoms with Crippen molar-refractivity contribution in [2.75, 3.05) is 0 Å². The monoisotopic (exact) mass is 582 g/mol. The van der Waals surface area contributed by atoms with E-state index in [1.54, 1.807) is 0 Å². The zero-order valence-corrected chi connectivity index (χ0v) is 26.4. The number of fused-ring (bicyclic) bond motifs is 2. The van der Waals surface area contributed by atoms with Crippen molar-refractivity contribution in [1.82, 2.24) is 0 Å². The lowest BCUT2D eigenvalue weighted by atomic mass is 9.83. The smallest absolute Gasteiger partial charge is 0.00235 e. The second-order valence-electron chi connectivity index (χ2n) is 11.5. The number of aryl methyl sites for hydroxylation is 1. The molecule has 0 radical (unpaired) electrons. The SMILES string of the molecule is Cc1ccccc1-c1cccc(-c2c3ccccc3c(-c3cccc(C/C=c4/cccc/c4=C/P)c3)c3ccccc23)c1C. The second-order valence-corrected chi connectivity index (χ2v) is 11.9. The molecule has 0 saturated heterocycles. The molecule has 1 atom stereocenters. The second kappa shape index (κ2) is 12.1. The van der Waals surface area contributed by atoms with Gasteiger partial charge in [-0.1, -0.05) is 151 Å². The predicted molar refractivity (Wildman–Crippen MR) is 195 cm³/mol. The van der Waals surface area contributed by atoms with Gasteiger partial charge in [-0.25, -0.2) is 0 Å². The van der Waals surface area contributed by atoms with Crippen molar-refractivity contribution in [3.63, 3.8) is 0 Å². The summed E-state index contributed by atoms with van der Waals surface area (Å²) in [5.74, 6) is 2.10. The van der Waals surface area contributed by atoms with Crippen LogP contribution in [0.4, 0.5) is 0 Å². The number of hydrogen-bond acceptors (Lipinski definition) is 0. The van der Waals surface area contributed by atoms with E-state index in [1.807, 2.05) is 0 Å². The lowest BCUT2D eigenvalue weighted by molar-refractivity contribution is 1.32. The van der Waals surface area contributed by atoms with Crippen LogP contribution in [-0.4, -0.2) is 0 Å². The summed E-state index contributed by atoms with van der Waals surface area (Å²) < 4.78 is 0. The van der Waals surface area contributed by atoms with Crippen LogP contribution in [-0.2, 0) is 6.42 Å². The van der Waals surface area contributed by atoms with Gasteiger partial charge >= 0.3 is 0 Å². The van der Waals surface area contributed by atoms with Crippen LogP contribution in [0.25, 0.3) is 66.8 Å². The Hall–Kier alpha value is -4.77. The molecule has 0 aliphatic heterocycles. The normalized spacial score (nSPS) is 12.3. The minimum absolute atomic E-state index is 0.877. The molecule has 0 aliphatic carbocycles. The highest BCUT2D eigenvalue weighted by atomic mass is 31.0. The summed E-state index contributed by atoms with van der Waals surface area (Å²) in [4.78, 5) is 0. The van der Waals surface area contributed by atoms with Gasteiger partial charge in [-0.3, -0.25) is 0 Å². The first kappa shape index (κ1) is 28.0. The van der Waals surface area contributed by atoms with Crippen molar-refractivity contribution in [3.05, 3.63) is 167 Å². The van der Waals surface area contributed by atoms with Gasteiger partial charge < -0.3 is 0 Å². The molecule has 0 aromatic heterocycles. The first-order valence-corrected chi connectivity index (χ1v) is 16.0. The molecule has 44 heavy (non-hydrogen) atoms. The molecule has 7 aromatic rings. The van der Waals surface area contributed by atoms with Gasteiger partial charge in [-0.05, 0) is 102 Å². The van der Waals surface area contributed by atoms with E-state index in [-0.39, 0.29) is 0 Å². The first-order chi connectivity index (χ1) is 21.6. The van der Waals surface area contributed by atoms with E-state index in [1.165, 1.54) is 82.1 Å². The molecule has 1 heteroatoms. The van der Waals surface area contributed by atoms with E-state index in [2.05, 4.69) is 175 Å². The Morgan fingerprint density at radius 1 is 0.500 bits per heavy atom. The third-order valence-corrected chi connectivity index (χ3v) is 9.28. The van der Waals surface area contributed by atoms with E-state index in [9.17, 15) is 0 Å². The summed E-state index contributed by atoms with van der Waals surface area (Å²) >= 11 is 0. The van der Waals surface area contributed by atoms with E-state index < -0.39 is 0 Å². The summed E-state index contributed by atoms with van der Waals surface area (Å²) in [5.41, 5.74) is 11.7. The topological polar surface area (TPSA) is 0 Å². The van der Waals surface area contributed by atoms with Crippen molar-refractivity contribution in [2.24, 2.45) is 0 Å². The fraction of sp³-hybridized carbons (Fsp3) is 0.0698. The van der Waals surface area contributed by atoms with Crippen LogP contribution in [0.15, 0.2) is 140 Å². The lowest BCUT2D eigenvalue weighted by Gasteiger charge is -2.20. The van der Waals surface area contributed by atoms with E-state index in [0.29, 0.717) is 0 Å². The van der Waals surface area contributed by atoms with E-state index in [0.717, 1.165) is 6.42 Å². The highest BCUT2D eigenvalue weighted by Gasteiger charge is 2.19. The number of rotatable bonds is 5. The molecule has 212 valence electrons. The van der Waals surface area contributed by atoms with Gasteiger partial charge in [0.05, 0.1) is 0 Å². The molecule has 0 N–H and O–H groups in total. The predicted octanol–water partition coefficient (Wildman–Crippen LogP) is 10.2. The van der Waals surface area contributed by atoms with Crippen molar-refractivity contribution in [2.45, 2.75) is 20.3 Å². The molecule has 0 bridgehead atoms. The van der Waals surface area contributed by atoms with Gasteiger partial charge in [0.15, 0.2) is 0 Å². The van der Waals surface area contributed by atoms with Crippen LogP contribution in [0.2, 0.25) is 0 Å². The molecular weight excluding hydrogens is 547 g/mol. The average Bonchev–Trinajstić information content (AvgIpc) is 3.07. The first-order valence-electron chi connectivity index (χ1n) is 15.3. The van der Waals surface area contributed by atoms with Gasteiger partial charge in [0.1, 0.15) is 0 Å². The number of benzene rings is 7. The van der Waals surface area contributed by atoms with E-state index in [4.69, 9.17) is 0 Å². The minimum Gasteiger partial charge on any atom is -0.113 e. The summed E-state index contributed by atoms with van der Waals surface area (Å²) in [6, 6.07) is 51.0. The maximum atomic E-state index is 2.74. The van der Waals surface area contributed by atoms with Crippen LogP contribution < -0.4 is 10.4 Å². The lowest BCUT2D eigenvalue weighted by Crippen LogP contribution is -2.22. The molecular formula is C43H35P. The minimum atomic E-state index is 0.877. The van der Waals surface area contributed by atoms with Crippen molar-refractivity contribution < 1.29 is 0 Å². The zero-order valence-electron chi connectivity index (χ0n) is 25.2. The summed E-state index contributed by atoms with van der Waals surface area (Å²) in [6.07, 6.45) is 3.21. The zero-order chi connectivity index (χ0) is 30.0. The average molecular weight is 583 g/mol. The quantitative estimate of drug-likeness (QED) is 0.140. The Bertz CT molecular complexity index is 2230. The molecule has 0 aliphatic rings. The highest BCUT2D eigenvalue weighted by molar-refractivity contribution is 7.27. The summed E-state index contributed by atoms with van der Waals surface area (Å²) in [7, 11) is 2.74. The van der Waals surface area contributed by atoms with Gasteiger partial charge in [0, 0.05) is 0 Å². The number of hydrogen-bond donors (Lipinski definition) is 0. The maximum Gasteiger partial charge on any atom is -0.00235 e. The Labute approximate surface area is 262 Å². The molecule has 1 unspecified atom stereocenters. The highest BCUT2D eigenvalue weighted by Crippen LogP contribution is 2.45. The van der Waals surface area contributed by atoms with E-state index >= 15 is 0 Å². The largest absolute Gasteiger partial charge is 0.113 e. The van der Waals surface area contributed by atoms with Crippen LogP contribution in [0.5, 0.6) is 0 Å². The maximum absolute atomic E-state index is 2.74. The summed E-state index contributed by atoms with van der Waals surface area (Å²) in [5, 5.41) is 7.64. The van der Waals surface area contributed by atoms with Crippen molar-refractivity contribution in [1.29, 1.82) is 0 Å². The molecule has 0 amide bonds. The molecule has 0 spiro atoms. The van der Waals surface area contributed by atoms with Crippen molar-refractivity contribution in [3.8, 4) is 33.4 Å². The molecule has 7 rings (SSSR count). The molecule has 0 heterocycles. The molecule has 0 fully saturated rings. The standard InChI is InChI=1S/C43H35P/c1-29-13-3-6-18-35(29)36-23-12-24-37(30(36)2)43-40-21-9-7-19-38(40)42(39-20-8-10-22-41(39)43)33-17-11-14-31(27-33)25-26-32-15-4-5-16-34(32)28-44/h3-24,26-28H,25,44H2,1-2H3/b32-26-,34-28-. The van der Waals surface area contributed by atoms with Crippen molar-refractivity contribution >= 4 is 42.7 Å². The van der Waals surface area contributed by atoms with Crippen LogP contribution in [0, 0.1) is 13.8 Å². The van der Waals surface area contributed by atoms with Crippen LogP contribution in [0.3, 0.4) is 0 Å². The molecule has 0 nitrogen and oxygen atoms in total. The molecule has 7 aromatic carbocycles. The Balaban J connectivity index is 1.45. The Morgan fingerprint density at radius 3 is 1.73 bits per heavy atom. The Kier molecular flexibility index (Phi) is 7.69. The third-order valence-electron chi connectivity index (χ3n) is 8.92. The fourth-order valence-corrected chi connectivity index (χ4v) is 7.04. The van der Waals surface area contributed by atoms with Gasteiger partial charge in [0.25, 0.3) is 0 Å². The van der Waals surface area contributed by atoms with Crippen LogP contribution in [0.1, 0.15) is 16.7 Å². The third kappa shape index (κ3) is 5.06.